The number of allylic oxidation sites excluding steroid dienone is 2. The Balaban J connectivity index is 1.37. The third-order valence-corrected chi connectivity index (χ3v) is 8.62. The molecule has 1 aromatic carbocycles. The van der Waals surface area contributed by atoms with Crippen LogP contribution in [0.2, 0.25) is 0 Å². The van der Waals surface area contributed by atoms with Gasteiger partial charge in [0, 0.05) is 37.1 Å². The number of ether oxygens (including phenoxy) is 1. The smallest absolute Gasteiger partial charge is 0.268 e. The lowest BCUT2D eigenvalue weighted by Gasteiger charge is -2.46. The Morgan fingerprint density at radius 1 is 1.18 bits per heavy atom. The van der Waals surface area contributed by atoms with Crippen LogP contribution in [-0.4, -0.2) is 59.4 Å². The lowest BCUT2D eigenvalue weighted by molar-refractivity contribution is -0.125. The third kappa shape index (κ3) is 4.69. The molecular weight excluding hydrogens is 498 g/mol. The number of imidazole rings is 1. The van der Waals surface area contributed by atoms with Gasteiger partial charge in [-0.25, -0.2) is 4.98 Å². The lowest BCUT2D eigenvalue weighted by atomic mass is 9.65. The van der Waals surface area contributed by atoms with Crippen LogP contribution >= 0.6 is 11.3 Å². The number of nitrogens with one attached hydrogen (secondary N) is 1. The van der Waals surface area contributed by atoms with Crippen LogP contribution < -0.4 is 5.32 Å². The molecule has 196 valence electrons. The van der Waals surface area contributed by atoms with E-state index in [1.807, 2.05) is 35.2 Å². The Morgan fingerprint density at radius 3 is 2.66 bits per heavy atom. The highest BCUT2D eigenvalue weighted by Crippen LogP contribution is 2.55. The topological polar surface area (TPSA) is 88.8 Å². The third-order valence-electron chi connectivity index (χ3n) is 7.49. The summed E-state index contributed by atoms with van der Waals surface area (Å²) < 4.78 is 7.40. The molecule has 0 bridgehead atoms. The highest BCUT2D eigenvalue weighted by Gasteiger charge is 2.50. The zero-order valence-electron chi connectivity index (χ0n) is 21.6. The van der Waals surface area contributed by atoms with Gasteiger partial charge >= 0.3 is 0 Å². The summed E-state index contributed by atoms with van der Waals surface area (Å²) >= 11 is 1.37. The quantitative estimate of drug-likeness (QED) is 0.194. The number of methoxy groups -OCH3 is 1. The molecule has 1 N–H and O–H groups in total. The summed E-state index contributed by atoms with van der Waals surface area (Å²) in [5.74, 6) is 0.805. The molecule has 0 unspecified atom stereocenters. The Morgan fingerprint density at radius 2 is 1.95 bits per heavy atom. The van der Waals surface area contributed by atoms with Crippen LogP contribution in [0.15, 0.2) is 72.8 Å². The van der Waals surface area contributed by atoms with Crippen molar-refractivity contribution in [3.05, 3.63) is 77.5 Å². The lowest BCUT2D eigenvalue weighted by Crippen LogP contribution is -2.42. The molecule has 38 heavy (non-hydrogen) atoms. The first-order valence-corrected chi connectivity index (χ1v) is 13.4. The Labute approximate surface area is 226 Å². The van der Waals surface area contributed by atoms with Gasteiger partial charge in [0.15, 0.2) is 0 Å². The summed E-state index contributed by atoms with van der Waals surface area (Å²) in [7, 11) is 3.22. The molecule has 1 saturated carbocycles. The van der Waals surface area contributed by atoms with E-state index in [0.717, 1.165) is 53.8 Å². The van der Waals surface area contributed by atoms with E-state index in [2.05, 4.69) is 28.0 Å². The summed E-state index contributed by atoms with van der Waals surface area (Å²) in [6.07, 6.45) is 7.77. The molecule has 5 rings (SSSR count). The van der Waals surface area contributed by atoms with E-state index in [0.29, 0.717) is 16.7 Å². The van der Waals surface area contributed by atoms with Gasteiger partial charge in [-0.2, -0.15) is 0 Å². The minimum Gasteiger partial charge on any atom is -0.481 e. The molecule has 0 atom stereocenters. The number of thiophene rings is 1. The molecular formula is C29H31N5O3S. The van der Waals surface area contributed by atoms with Crippen molar-refractivity contribution < 1.29 is 14.3 Å². The fraction of sp³-hybridized carbons (Fsp3) is 0.310. The van der Waals surface area contributed by atoms with Gasteiger partial charge in [0.05, 0.1) is 23.0 Å². The van der Waals surface area contributed by atoms with E-state index in [9.17, 15) is 9.59 Å². The highest BCUT2D eigenvalue weighted by atomic mass is 32.1. The highest BCUT2D eigenvalue weighted by molar-refractivity contribution is 7.15. The maximum atomic E-state index is 13.3. The number of anilines is 1. The summed E-state index contributed by atoms with van der Waals surface area (Å²) in [4.78, 5) is 37.6. The molecule has 1 saturated heterocycles. The first-order valence-electron chi connectivity index (χ1n) is 12.5. The van der Waals surface area contributed by atoms with E-state index in [4.69, 9.17) is 9.72 Å². The van der Waals surface area contributed by atoms with Gasteiger partial charge in [-0.3, -0.25) is 19.9 Å². The number of aliphatic imine (C=N–C) groups is 1. The molecule has 3 heterocycles. The Hall–Kier alpha value is -3.98. The Kier molecular flexibility index (Phi) is 7.03. The largest absolute Gasteiger partial charge is 0.481 e. The molecule has 1 spiro atoms. The SMILES string of the molecule is C=CC(=O)N1CCC2(CC(n3c(NC(=O)c4ccc(/C(C=C)=C/C(=NC)OC)s4)nc4ccccc43)C2)C1. The number of para-hydroxylation sites is 2. The van der Waals surface area contributed by atoms with Gasteiger partial charge in [0.2, 0.25) is 17.8 Å². The van der Waals surface area contributed by atoms with Crippen molar-refractivity contribution in [2.75, 3.05) is 32.6 Å². The maximum Gasteiger partial charge on any atom is 0.268 e. The number of likely N-dealkylation sites (tertiary alicyclic amines) is 1. The van der Waals surface area contributed by atoms with E-state index < -0.39 is 0 Å². The monoisotopic (exact) mass is 529 g/mol. The number of rotatable bonds is 7. The molecule has 3 aromatic rings. The van der Waals surface area contributed by atoms with Gasteiger partial charge < -0.3 is 14.2 Å². The second kappa shape index (κ2) is 10.4. The van der Waals surface area contributed by atoms with Crippen LogP contribution in [0.25, 0.3) is 16.6 Å². The second-order valence-corrected chi connectivity index (χ2v) is 10.8. The fourth-order valence-electron chi connectivity index (χ4n) is 5.57. The maximum absolute atomic E-state index is 13.3. The van der Waals surface area contributed by atoms with Crippen molar-refractivity contribution in [2.45, 2.75) is 25.3 Å². The zero-order valence-corrected chi connectivity index (χ0v) is 22.5. The number of hydrogen-bond acceptors (Lipinski definition) is 6. The van der Waals surface area contributed by atoms with Gasteiger partial charge in [-0.15, -0.1) is 11.3 Å². The molecule has 9 heteroatoms. The van der Waals surface area contributed by atoms with Crippen LogP contribution in [0.5, 0.6) is 0 Å². The second-order valence-electron chi connectivity index (χ2n) is 9.76. The molecule has 2 aliphatic rings. The predicted molar refractivity (Wildman–Crippen MR) is 153 cm³/mol. The van der Waals surface area contributed by atoms with Crippen molar-refractivity contribution >= 4 is 51.6 Å². The summed E-state index contributed by atoms with van der Waals surface area (Å²) in [5.41, 5.74) is 2.78. The van der Waals surface area contributed by atoms with Crippen molar-refractivity contribution in [3.8, 4) is 0 Å². The molecule has 2 fully saturated rings. The van der Waals surface area contributed by atoms with Gasteiger partial charge in [0.25, 0.3) is 5.91 Å². The summed E-state index contributed by atoms with van der Waals surface area (Å²) in [5, 5.41) is 3.07. The molecule has 0 radical (unpaired) electrons. The van der Waals surface area contributed by atoms with Gasteiger partial charge in [-0.1, -0.05) is 31.4 Å². The normalized spacial score (nSPS) is 21.4. The average Bonchev–Trinajstić information content (AvgIpc) is 3.65. The standard InChI is InChI=1S/C29H31N5O3S/c1-5-19(15-25(30-3)37-4)23-11-12-24(38-23)27(36)32-28-31-21-9-7-8-10-22(21)34(28)20-16-29(17-20)13-14-33(18-29)26(35)6-2/h5-12,15,20H,1-2,13-14,16-18H2,3-4H3,(H,31,32,36)/b19-15+,30-25?. The van der Waals surface area contributed by atoms with Gasteiger partial charge in [0.1, 0.15) is 0 Å². The number of carbonyl (C=O) groups is 2. The van der Waals surface area contributed by atoms with Gasteiger partial charge in [-0.05, 0) is 60.6 Å². The minimum absolute atomic E-state index is 0.00319. The molecule has 1 aliphatic carbocycles. The van der Waals surface area contributed by atoms with Crippen molar-refractivity contribution in [1.29, 1.82) is 0 Å². The number of benzene rings is 1. The van der Waals surface area contributed by atoms with Crippen molar-refractivity contribution in [3.63, 3.8) is 0 Å². The number of fused-ring (bicyclic) bond motifs is 1. The van der Waals surface area contributed by atoms with Crippen molar-refractivity contribution in [2.24, 2.45) is 10.4 Å². The molecule has 2 aromatic heterocycles. The van der Waals surface area contributed by atoms with Crippen LogP contribution in [0.4, 0.5) is 5.95 Å². The van der Waals surface area contributed by atoms with Crippen LogP contribution in [0, 0.1) is 5.41 Å². The summed E-state index contributed by atoms with van der Waals surface area (Å²) in [6, 6.07) is 11.8. The Bertz CT molecular complexity index is 1470. The zero-order chi connectivity index (χ0) is 26.9. The van der Waals surface area contributed by atoms with Crippen LogP contribution in [-0.2, 0) is 9.53 Å². The number of aromatic nitrogens is 2. The fourth-order valence-corrected chi connectivity index (χ4v) is 6.48. The first kappa shape index (κ1) is 25.7. The summed E-state index contributed by atoms with van der Waals surface area (Å²) in [6.45, 7) is 9.04. The van der Waals surface area contributed by atoms with E-state index in [-0.39, 0.29) is 23.3 Å². The number of amides is 2. The van der Waals surface area contributed by atoms with E-state index >= 15 is 0 Å². The minimum atomic E-state index is -0.213. The van der Waals surface area contributed by atoms with E-state index in [1.54, 1.807) is 32.4 Å². The predicted octanol–water partition coefficient (Wildman–Crippen LogP) is 5.33. The average molecular weight is 530 g/mol. The number of carbonyl (C=O) groups excluding carboxylic acids is 2. The van der Waals surface area contributed by atoms with Crippen molar-refractivity contribution in [1.82, 2.24) is 14.5 Å². The number of hydrogen-bond donors (Lipinski definition) is 1. The first-order chi connectivity index (χ1) is 18.4. The van der Waals surface area contributed by atoms with Crippen LogP contribution in [0.1, 0.15) is 39.9 Å². The van der Waals surface area contributed by atoms with Crippen LogP contribution in [0.3, 0.4) is 0 Å². The molecule has 8 nitrogen and oxygen atoms in total. The number of nitrogens with zero attached hydrogens (tertiary/aromatic N) is 4. The molecule has 1 aliphatic heterocycles. The molecule has 2 amide bonds. The van der Waals surface area contributed by atoms with E-state index in [1.165, 1.54) is 17.4 Å².